The first-order chi connectivity index (χ1) is 22.7. The second-order valence-electron chi connectivity index (χ2n) is 12.2. The summed E-state index contributed by atoms with van der Waals surface area (Å²) in [7, 11) is 1.92. The van der Waals surface area contributed by atoms with E-state index in [0.29, 0.717) is 17.1 Å². The van der Waals surface area contributed by atoms with Gasteiger partial charge >= 0.3 is 0 Å². The topological polar surface area (TPSA) is 55.3 Å². The van der Waals surface area contributed by atoms with Gasteiger partial charge in [0, 0.05) is 29.8 Å². The van der Waals surface area contributed by atoms with Crippen LogP contribution >= 0.6 is 0 Å². The molecule has 0 saturated carbocycles. The summed E-state index contributed by atoms with van der Waals surface area (Å²) in [5.74, 6) is 0.306. The maximum Gasteiger partial charge on any atom is 0.190 e. The number of imidazole rings is 1. The van der Waals surface area contributed by atoms with Gasteiger partial charge in [0.15, 0.2) is 5.69 Å². The number of hydrogen-bond acceptors (Lipinski definition) is 3. The Morgan fingerprint density at radius 3 is 2.17 bits per heavy atom. The number of para-hydroxylation sites is 1. The second kappa shape index (κ2) is 11.7. The minimum absolute atomic E-state index is 0.00372. The number of nitrogens with zero attached hydrogens (tertiary/aromatic N) is 4. The summed E-state index contributed by atoms with van der Waals surface area (Å²) in [6.07, 6.45) is 1.95. The van der Waals surface area contributed by atoms with E-state index in [9.17, 15) is 9.50 Å². The molecule has 7 aromatic rings. The number of fused-ring (bicyclic) bond motifs is 1. The Balaban J connectivity index is 1.37. The monoisotopic (exact) mass is 614 g/mol. The maximum atomic E-state index is 13.9. The molecule has 5 nitrogen and oxygen atoms in total. The van der Waals surface area contributed by atoms with Gasteiger partial charge in [0.1, 0.15) is 17.4 Å². The van der Waals surface area contributed by atoms with Crippen molar-refractivity contribution >= 4 is 16.7 Å². The van der Waals surface area contributed by atoms with Crippen molar-refractivity contribution in [2.75, 3.05) is 0 Å². The lowest BCUT2D eigenvalue weighted by molar-refractivity contribution is 0.477. The van der Waals surface area contributed by atoms with E-state index >= 15 is 0 Å². The Kier molecular flexibility index (Phi) is 7.38. The number of halogens is 1. The Morgan fingerprint density at radius 2 is 1.47 bits per heavy atom. The Bertz CT molecular complexity index is 2300. The highest BCUT2D eigenvalue weighted by Gasteiger charge is 2.23. The molecule has 0 atom stereocenters. The van der Waals surface area contributed by atoms with Crippen LogP contribution in [0.2, 0.25) is 0 Å². The molecule has 0 amide bonds. The zero-order valence-corrected chi connectivity index (χ0v) is 26.2. The minimum atomic E-state index is -0.290. The quantitative estimate of drug-likeness (QED) is 0.190. The number of aromatic nitrogens is 3. The van der Waals surface area contributed by atoms with E-state index in [1.165, 1.54) is 23.8 Å². The average Bonchev–Trinajstić information content (AvgIpc) is 3.44. The highest BCUT2D eigenvalue weighted by Crippen LogP contribution is 2.39. The van der Waals surface area contributed by atoms with Crippen molar-refractivity contribution in [3.8, 4) is 50.6 Å². The van der Waals surface area contributed by atoms with Crippen LogP contribution in [0, 0.1) is 12.4 Å². The molecule has 2 aromatic heterocycles. The van der Waals surface area contributed by atoms with E-state index in [2.05, 4.69) is 73.3 Å². The summed E-state index contributed by atoms with van der Waals surface area (Å²) < 4.78 is 15.9. The zero-order chi connectivity index (χ0) is 32.7. The first-order valence-electron chi connectivity index (χ1n) is 15.3. The lowest BCUT2D eigenvalue weighted by Gasteiger charge is -2.25. The van der Waals surface area contributed by atoms with Crippen LogP contribution in [0.25, 0.3) is 60.8 Å². The molecular formula is C41H31FN4O. The molecule has 7 rings (SSSR count). The summed E-state index contributed by atoms with van der Waals surface area (Å²) in [5, 5.41) is 10.8. The van der Waals surface area contributed by atoms with E-state index in [1.54, 1.807) is 24.3 Å². The van der Waals surface area contributed by atoms with Crippen LogP contribution < -0.4 is 0 Å². The molecule has 0 radical (unpaired) electrons. The molecule has 228 valence electrons. The average molecular weight is 615 g/mol. The molecule has 5 aromatic carbocycles. The van der Waals surface area contributed by atoms with E-state index in [-0.39, 0.29) is 17.0 Å². The summed E-state index contributed by atoms with van der Waals surface area (Å²) >= 11 is 0. The first-order valence-corrected chi connectivity index (χ1v) is 15.3. The minimum Gasteiger partial charge on any atom is -0.509 e. The molecular weight excluding hydrogens is 583 g/mol. The molecule has 47 heavy (non-hydrogen) atoms. The van der Waals surface area contributed by atoms with E-state index in [0.717, 1.165) is 50.1 Å². The van der Waals surface area contributed by atoms with Crippen LogP contribution in [0.15, 0.2) is 128 Å². The van der Waals surface area contributed by atoms with Gasteiger partial charge in [0.05, 0.1) is 28.9 Å². The largest absolute Gasteiger partial charge is 0.509 e. The van der Waals surface area contributed by atoms with Gasteiger partial charge in [-0.3, -0.25) is 4.98 Å². The van der Waals surface area contributed by atoms with Crippen LogP contribution in [-0.4, -0.2) is 19.6 Å². The van der Waals surface area contributed by atoms with Crippen LogP contribution in [0.1, 0.15) is 25.0 Å². The number of phenols is 1. The lowest BCUT2D eigenvalue weighted by Crippen LogP contribution is -2.18. The van der Waals surface area contributed by atoms with Crippen LogP contribution in [0.3, 0.4) is 0 Å². The fraction of sp³-hybridized carbons (Fsp3) is 0.0976. The fourth-order valence-electron chi connectivity index (χ4n) is 6.16. The van der Waals surface area contributed by atoms with Crippen molar-refractivity contribution in [3.63, 3.8) is 0 Å². The number of pyridine rings is 1. The normalized spacial score (nSPS) is 11.5. The van der Waals surface area contributed by atoms with Gasteiger partial charge in [0.2, 0.25) is 0 Å². The SMILES string of the molecule is [C-]#[N+]c1ccc(-c2nc3c(-c4cc(-c5ccc(F)cc5)cc(-c5ccc(C(C)(C)c6ccccc6)cn5)c4)cccc3n2C)c(O)c1. The molecule has 0 spiro atoms. The smallest absolute Gasteiger partial charge is 0.190 e. The highest BCUT2D eigenvalue weighted by atomic mass is 19.1. The Morgan fingerprint density at radius 1 is 0.723 bits per heavy atom. The van der Waals surface area contributed by atoms with Crippen LogP contribution in [0.5, 0.6) is 5.75 Å². The van der Waals surface area contributed by atoms with Gasteiger partial charge in [-0.1, -0.05) is 86.6 Å². The summed E-state index contributed by atoms with van der Waals surface area (Å²) in [6.45, 7) is 11.7. The molecule has 0 unspecified atom stereocenters. The Labute approximate surface area is 273 Å². The van der Waals surface area contributed by atoms with Crippen molar-refractivity contribution in [2.24, 2.45) is 7.05 Å². The van der Waals surface area contributed by atoms with Crippen molar-refractivity contribution in [3.05, 3.63) is 156 Å². The third-order valence-corrected chi connectivity index (χ3v) is 8.96. The predicted molar refractivity (Wildman–Crippen MR) is 187 cm³/mol. The summed E-state index contributed by atoms with van der Waals surface area (Å²) in [6, 6.07) is 38.3. The first kappa shape index (κ1) is 29.6. The number of aryl methyl sites for hydroxylation is 1. The lowest BCUT2D eigenvalue weighted by atomic mass is 9.79. The molecule has 6 heteroatoms. The van der Waals surface area contributed by atoms with Crippen molar-refractivity contribution < 1.29 is 9.50 Å². The van der Waals surface area contributed by atoms with Gasteiger partial charge in [-0.15, -0.1) is 0 Å². The zero-order valence-electron chi connectivity index (χ0n) is 26.2. The predicted octanol–water partition coefficient (Wildman–Crippen LogP) is 10.4. The molecule has 0 aliphatic rings. The van der Waals surface area contributed by atoms with E-state index in [4.69, 9.17) is 16.5 Å². The standard InChI is InChI=1S/C41H31FN4O/c1-41(2,30-9-6-5-7-10-30)31-15-20-36(44-25-31)29-22-27(26-13-16-32(42)17-14-26)21-28(23-29)34-11-8-12-37-39(34)45-40(46(37)4)35-19-18-33(43-3)24-38(35)47/h5-25,47H,1-2,4H3. The van der Waals surface area contributed by atoms with E-state index in [1.807, 2.05) is 42.1 Å². The molecule has 0 aliphatic carbocycles. The molecule has 2 heterocycles. The summed E-state index contributed by atoms with van der Waals surface area (Å²) in [5.41, 5.74) is 10.1. The molecule has 0 fully saturated rings. The van der Waals surface area contributed by atoms with Gasteiger partial charge in [0.25, 0.3) is 0 Å². The number of hydrogen-bond donors (Lipinski definition) is 1. The summed E-state index contributed by atoms with van der Waals surface area (Å²) in [4.78, 5) is 13.4. The van der Waals surface area contributed by atoms with Gasteiger partial charge in [-0.25, -0.2) is 14.2 Å². The van der Waals surface area contributed by atoms with Gasteiger partial charge in [-0.2, -0.15) is 0 Å². The molecule has 0 saturated heterocycles. The van der Waals surface area contributed by atoms with Gasteiger partial charge < -0.3 is 9.67 Å². The van der Waals surface area contributed by atoms with Crippen molar-refractivity contribution in [1.82, 2.24) is 14.5 Å². The number of rotatable bonds is 6. The second-order valence-corrected chi connectivity index (χ2v) is 12.2. The number of aromatic hydroxyl groups is 1. The van der Waals surface area contributed by atoms with Crippen LogP contribution in [-0.2, 0) is 12.5 Å². The molecule has 0 bridgehead atoms. The number of benzene rings is 5. The van der Waals surface area contributed by atoms with E-state index < -0.39 is 0 Å². The van der Waals surface area contributed by atoms with Crippen molar-refractivity contribution in [1.29, 1.82) is 0 Å². The molecule has 1 N–H and O–H groups in total. The fourth-order valence-corrected chi connectivity index (χ4v) is 6.16. The van der Waals surface area contributed by atoms with Crippen molar-refractivity contribution in [2.45, 2.75) is 19.3 Å². The van der Waals surface area contributed by atoms with Gasteiger partial charge in [-0.05, 0) is 76.3 Å². The Hall–Kier alpha value is -6.06. The third-order valence-electron chi connectivity index (χ3n) is 8.96. The molecule has 0 aliphatic heterocycles. The third kappa shape index (κ3) is 5.43. The maximum absolute atomic E-state index is 13.9. The van der Waals surface area contributed by atoms with Crippen LogP contribution in [0.4, 0.5) is 10.1 Å². The highest BCUT2D eigenvalue weighted by molar-refractivity contribution is 5.96. The number of phenolic OH excluding ortho intramolecular Hbond substituents is 1.